The Morgan fingerprint density at radius 1 is 1.52 bits per heavy atom. The first kappa shape index (κ1) is 14.2. The van der Waals surface area contributed by atoms with Crippen LogP contribution in [0.1, 0.15) is 25.7 Å². The number of aliphatic hydroxyl groups excluding tert-OH is 1. The van der Waals surface area contributed by atoms with Crippen molar-refractivity contribution in [2.45, 2.75) is 32.4 Å². The number of rotatable bonds is 4. The molecule has 112 valence electrons. The lowest BCUT2D eigenvalue weighted by Gasteiger charge is -2.33. The van der Waals surface area contributed by atoms with Crippen molar-refractivity contribution < 1.29 is 9.63 Å². The van der Waals surface area contributed by atoms with Gasteiger partial charge in [0.05, 0.1) is 12.6 Å². The highest BCUT2D eigenvalue weighted by atomic mass is 16.5. The summed E-state index contributed by atoms with van der Waals surface area (Å²) in [5.74, 6) is 1.52. The molecule has 2 aromatic heterocycles. The van der Waals surface area contributed by atoms with Crippen molar-refractivity contribution in [3.05, 3.63) is 30.4 Å². The van der Waals surface area contributed by atoms with E-state index in [9.17, 15) is 5.11 Å². The van der Waals surface area contributed by atoms with Gasteiger partial charge in [0.15, 0.2) is 0 Å². The molecular formula is C15H20N4O2. The molecule has 0 spiro atoms. The molecule has 0 amide bonds. The van der Waals surface area contributed by atoms with Crippen LogP contribution in [0.4, 0.5) is 0 Å². The van der Waals surface area contributed by atoms with Crippen LogP contribution in [0.25, 0.3) is 11.4 Å². The Hall–Kier alpha value is -1.79. The molecule has 0 aromatic carbocycles. The molecule has 21 heavy (non-hydrogen) atoms. The van der Waals surface area contributed by atoms with Gasteiger partial charge < -0.3 is 9.63 Å². The van der Waals surface area contributed by atoms with Gasteiger partial charge >= 0.3 is 0 Å². The van der Waals surface area contributed by atoms with E-state index in [0.717, 1.165) is 31.5 Å². The molecule has 1 fully saturated rings. The van der Waals surface area contributed by atoms with Crippen LogP contribution in [0.5, 0.6) is 0 Å². The minimum atomic E-state index is -0.263. The lowest BCUT2D eigenvalue weighted by atomic mass is 9.93. The van der Waals surface area contributed by atoms with Crippen molar-refractivity contribution in [3.63, 3.8) is 0 Å². The molecule has 6 heteroatoms. The predicted octanol–water partition coefficient (Wildman–Crippen LogP) is 1.72. The van der Waals surface area contributed by atoms with Crippen LogP contribution >= 0.6 is 0 Å². The van der Waals surface area contributed by atoms with Crippen LogP contribution < -0.4 is 0 Å². The number of hydrogen-bond acceptors (Lipinski definition) is 6. The Morgan fingerprint density at radius 3 is 3.19 bits per heavy atom. The summed E-state index contributed by atoms with van der Waals surface area (Å²) in [4.78, 5) is 10.7. The van der Waals surface area contributed by atoms with Gasteiger partial charge in [0, 0.05) is 24.5 Å². The van der Waals surface area contributed by atoms with Gasteiger partial charge in [0.2, 0.25) is 11.7 Å². The Kier molecular flexibility index (Phi) is 4.26. The molecule has 1 saturated heterocycles. The molecule has 0 radical (unpaired) electrons. The second-order valence-electron chi connectivity index (χ2n) is 5.63. The van der Waals surface area contributed by atoms with Crippen molar-refractivity contribution >= 4 is 0 Å². The third-order valence-corrected chi connectivity index (χ3v) is 3.97. The number of pyridine rings is 1. The van der Waals surface area contributed by atoms with E-state index in [1.54, 1.807) is 12.4 Å². The summed E-state index contributed by atoms with van der Waals surface area (Å²) in [5, 5.41) is 13.7. The summed E-state index contributed by atoms with van der Waals surface area (Å²) in [6.07, 6.45) is 5.35. The van der Waals surface area contributed by atoms with Crippen LogP contribution in [0, 0.1) is 5.92 Å². The smallest absolute Gasteiger partial charge is 0.241 e. The zero-order valence-electron chi connectivity index (χ0n) is 12.1. The van der Waals surface area contributed by atoms with Crippen LogP contribution in [0.3, 0.4) is 0 Å². The summed E-state index contributed by atoms with van der Waals surface area (Å²) >= 11 is 0. The van der Waals surface area contributed by atoms with E-state index in [4.69, 9.17) is 4.52 Å². The lowest BCUT2D eigenvalue weighted by Crippen LogP contribution is -2.39. The number of likely N-dealkylation sites (tertiary alicyclic amines) is 1. The molecule has 6 nitrogen and oxygen atoms in total. The second-order valence-corrected chi connectivity index (χ2v) is 5.63. The summed E-state index contributed by atoms with van der Waals surface area (Å²) in [6, 6.07) is 3.76. The first-order chi connectivity index (χ1) is 10.2. The first-order valence-corrected chi connectivity index (χ1v) is 7.36. The average Bonchev–Trinajstić information content (AvgIpc) is 2.97. The van der Waals surface area contributed by atoms with Gasteiger partial charge in [-0.3, -0.25) is 9.88 Å². The molecule has 0 aliphatic carbocycles. The maximum atomic E-state index is 9.73. The minimum Gasteiger partial charge on any atom is -0.393 e. The van der Waals surface area contributed by atoms with Crippen LogP contribution in [0.15, 0.2) is 29.0 Å². The molecule has 2 aromatic rings. The zero-order valence-corrected chi connectivity index (χ0v) is 12.1. The maximum absolute atomic E-state index is 9.73. The van der Waals surface area contributed by atoms with Gasteiger partial charge in [0.1, 0.15) is 0 Å². The van der Waals surface area contributed by atoms with Crippen molar-refractivity contribution in [2.75, 3.05) is 13.1 Å². The highest BCUT2D eigenvalue weighted by Crippen LogP contribution is 2.21. The molecule has 3 heterocycles. The van der Waals surface area contributed by atoms with Gasteiger partial charge in [-0.1, -0.05) is 5.16 Å². The fourth-order valence-electron chi connectivity index (χ4n) is 2.75. The second kappa shape index (κ2) is 6.32. The zero-order chi connectivity index (χ0) is 14.7. The monoisotopic (exact) mass is 288 g/mol. The van der Waals surface area contributed by atoms with Crippen molar-refractivity contribution in [1.29, 1.82) is 0 Å². The quantitative estimate of drug-likeness (QED) is 0.923. The Balaban J connectivity index is 1.65. The topological polar surface area (TPSA) is 75.3 Å². The third-order valence-electron chi connectivity index (χ3n) is 3.97. The fraction of sp³-hybridized carbons (Fsp3) is 0.533. The maximum Gasteiger partial charge on any atom is 0.241 e. The number of nitrogens with zero attached hydrogens (tertiary/aromatic N) is 4. The number of aliphatic hydroxyl groups is 1. The largest absolute Gasteiger partial charge is 0.393 e. The first-order valence-electron chi connectivity index (χ1n) is 7.36. The fourth-order valence-corrected chi connectivity index (χ4v) is 2.75. The number of piperidine rings is 1. The highest BCUT2D eigenvalue weighted by Gasteiger charge is 2.24. The molecule has 1 aliphatic rings. The summed E-state index contributed by atoms with van der Waals surface area (Å²) in [5.41, 5.74) is 0.855. The molecule has 1 aliphatic heterocycles. The SMILES string of the molecule is CC(O)C1CCCN(Cc2nc(-c3cccnc3)no2)C1. The molecule has 2 atom stereocenters. The Labute approximate surface area is 123 Å². The van der Waals surface area contributed by atoms with Crippen molar-refractivity contribution in [2.24, 2.45) is 5.92 Å². The predicted molar refractivity (Wildman–Crippen MR) is 77.2 cm³/mol. The van der Waals surface area contributed by atoms with E-state index in [1.165, 1.54) is 0 Å². The lowest BCUT2D eigenvalue weighted by molar-refractivity contribution is 0.0556. The average molecular weight is 288 g/mol. The van der Waals surface area contributed by atoms with E-state index in [2.05, 4.69) is 20.0 Å². The summed E-state index contributed by atoms with van der Waals surface area (Å²) < 4.78 is 5.32. The van der Waals surface area contributed by atoms with Gasteiger partial charge in [-0.05, 0) is 44.4 Å². The molecule has 1 N–H and O–H groups in total. The van der Waals surface area contributed by atoms with Crippen molar-refractivity contribution in [1.82, 2.24) is 20.0 Å². The van der Waals surface area contributed by atoms with E-state index in [1.807, 2.05) is 19.1 Å². The summed E-state index contributed by atoms with van der Waals surface area (Å²) in [6.45, 7) is 4.38. The standard InChI is InChI=1S/C15H20N4O2/c1-11(20)13-5-3-7-19(9-13)10-14-17-15(18-21-14)12-4-2-6-16-8-12/h2,4,6,8,11,13,20H,3,5,7,9-10H2,1H3. The van der Waals surface area contributed by atoms with Gasteiger partial charge in [-0.2, -0.15) is 4.98 Å². The van der Waals surface area contributed by atoms with Crippen LogP contribution in [-0.4, -0.2) is 44.3 Å². The number of hydrogen-bond donors (Lipinski definition) is 1. The normalized spacial score (nSPS) is 21.3. The van der Waals surface area contributed by atoms with Crippen molar-refractivity contribution in [3.8, 4) is 11.4 Å². The summed E-state index contributed by atoms with van der Waals surface area (Å²) in [7, 11) is 0. The Bertz CT molecular complexity index is 570. The number of aromatic nitrogens is 3. The van der Waals surface area contributed by atoms with E-state index in [-0.39, 0.29) is 6.10 Å². The van der Waals surface area contributed by atoms with E-state index in [0.29, 0.717) is 24.2 Å². The van der Waals surface area contributed by atoms with E-state index < -0.39 is 0 Å². The molecule has 2 unspecified atom stereocenters. The minimum absolute atomic E-state index is 0.263. The molecule has 0 bridgehead atoms. The van der Waals surface area contributed by atoms with Crippen LogP contribution in [0.2, 0.25) is 0 Å². The van der Waals surface area contributed by atoms with Gasteiger partial charge in [-0.25, -0.2) is 0 Å². The van der Waals surface area contributed by atoms with Gasteiger partial charge in [-0.15, -0.1) is 0 Å². The molecule has 0 saturated carbocycles. The van der Waals surface area contributed by atoms with E-state index >= 15 is 0 Å². The van der Waals surface area contributed by atoms with Gasteiger partial charge in [0.25, 0.3) is 0 Å². The molecular weight excluding hydrogens is 268 g/mol. The highest BCUT2D eigenvalue weighted by molar-refractivity contribution is 5.51. The van der Waals surface area contributed by atoms with Crippen LogP contribution in [-0.2, 0) is 6.54 Å². The Morgan fingerprint density at radius 2 is 2.43 bits per heavy atom. The third kappa shape index (κ3) is 3.46. The molecule has 3 rings (SSSR count).